The van der Waals surface area contributed by atoms with Crippen LogP contribution >= 0.6 is 0 Å². The lowest BCUT2D eigenvalue weighted by Gasteiger charge is -2.24. The summed E-state index contributed by atoms with van der Waals surface area (Å²) >= 11 is 0. The molecule has 7 nitrogen and oxygen atoms in total. The highest BCUT2D eigenvalue weighted by Gasteiger charge is 2.32. The molecule has 2 aromatic carbocycles. The van der Waals surface area contributed by atoms with Gasteiger partial charge in [0.05, 0.1) is 6.54 Å². The first kappa shape index (κ1) is 20.2. The molecular weight excluding hydrogens is 382 g/mol. The summed E-state index contributed by atoms with van der Waals surface area (Å²) in [6, 6.07) is 13.4. The number of amides is 2. The number of carbonyl (C=O) groups excluding carboxylic acids is 2. The van der Waals surface area contributed by atoms with Crippen molar-refractivity contribution >= 4 is 17.5 Å². The molecule has 2 aromatic rings. The van der Waals surface area contributed by atoms with Crippen molar-refractivity contribution in [1.29, 1.82) is 0 Å². The van der Waals surface area contributed by atoms with Crippen molar-refractivity contribution in [2.24, 2.45) is 0 Å². The lowest BCUT2D eigenvalue weighted by Crippen LogP contribution is -3.11. The third kappa shape index (κ3) is 4.41. The molecule has 2 N–H and O–H groups in total. The van der Waals surface area contributed by atoms with E-state index < -0.39 is 0 Å². The van der Waals surface area contributed by atoms with Crippen LogP contribution in [-0.2, 0) is 4.79 Å². The molecule has 2 atom stereocenters. The van der Waals surface area contributed by atoms with Gasteiger partial charge in [-0.25, -0.2) is 0 Å². The van der Waals surface area contributed by atoms with Gasteiger partial charge >= 0.3 is 0 Å². The third-order valence-electron chi connectivity index (χ3n) is 5.66. The molecular formula is C23H28N3O4+. The van der Waals surface area contributed by atoms with Gasteiger partial charge in [-0.2, -0.15) is 0 Å². The fourth-order valence-electron chi connectivity index (χ4n) is 4.17. The molecule has 2 heterocycles. The Morgan fingerprint density at radius 3 is 2.53 bits per heavy atom. The van der Waals surface area contributed by atoms with E-state index in [-0.39, 0.29) is 17.9 Å². The molecule has 2 aliphatic heterocycles. The van der Waals surface area contributed by atoms with Crippen LogP contribution in [0.3, 0.4) is 0 Å². The van der Waals surface area contributed by atoms with Gasteiger partial charge in [-0.1, -0.05) is 0 Å². The van der Waals surface area contributed by atoms with Crippen LogP contribution in [0.2, 0.25) is 0 Å². The number of fused-ring (bicyclic) bond motifs is 1. The second-order valence-electron chi connectivity index (χ2n) is 8.01. The van der Waals surface area contributed by atoms with Gasteiger partial charge in [-0.05, 0) is 42.5 Å². The third-order valence-corrected chi connectivity index (χ3v) is 5.66. The maximum Gasteiger partial charge on any atom is 0.279 e. The number of quaternary nitrogens is 1. The predicted octanol–water partition coefficient (Wildman–Crippen LogP) is 1.52. The Morgan fingerprint density at radius 2 is 1.80 bits per heavy atom. The molecule has 0 radical (unpaired) electrons. The second kappa shape index (κ2) is 8.75. The lowest BCUT2D eigenvalue weighted by molar-refractivity contribution is -0.910. The van der Waals surface area contributed by atoms with Crippen molar-refractivity contribution < 1.29 is 24.0 Å². The summed E-state index contributed by atoms with van der Waals surface area (Å²) in [5, 5.41) is 2.96. The van der Waals surface area contributed by atoms with Crippen LogP contribution in [0.1, 0.15) is 34.8 Å². The second-order valence-corrected chi connectivity index (χ2v) is 8.01. The van der Waals surface area contributed by atoms with E-state index in [0.717, 1.165) is 30.9 Å². The first-order valence-electron chi connectivity index (χ1n) is 10.4. The molecule has 0 saturated carbocycles. The van der Waals surface area contributed by atoms with Crippen LogP contribution in [0.25, 0.3) is 0 Å². The van der Waals surface area contributed by atoms with E-state index in [4.69, 9.17) is 9.47 Å². The molecule has 1 saturated heterocycles. The smallest absolute Gasteiger partial charge is 0.279 e. The van der Waals surface area contributed by atoms with Crippen molar-refractivity contribution in [1.82, 2.24) is 4.90 Å². The van der Waals surface area contributed by atoms with Crippen molar-refractivity contribution in [3.63, 3.8) is 0 Å². The molecule has 1 unspecified atom stereocenters. The summed E-state index contributed by atoms with van der Waals surface area (Å²) in [6.45, 7) is 2.51. The number of benzene rings is 2. The van der Waals surface area contributed by atoms with E-state index in [1.165, 1.54) is 15.4 Å². The first-order chi connectivity index (χ1) is 14.5. The Hall–Kier alpha value is -3.06. The molecule has 30 heavy (non-hydrogen) atoms. The molecule has 2 aliphatic rings. The van der Waals surface area contributed by atoms with Crippen LogP contribution in [0.5, 0.6) is 11.5 Å². The van der Waals surface area contributed by atoms with E-state index in [1.807, 2.05) is 6.07 Å². The monoisotopic (exact) mass is 410 g/mol. The number of likely N-dealkylation sites (tertiary alicyclic amines) is 1. The Labute approximate surface area is 176 Å². The number of nitrogens with one attached hydrogen (secondary N) is 2. The number of carbonyl (C=O) groups is 2. The molecule has 0 aromatic heterocycles. The van der Waals surface area contributed by atoms with Crippen LogP contribution in [-0.4, -0.2) is 57.1 Å². The molecule has 7 heteroatoms. The largest absolute Gasteiger partial charge is 0.486 e. The van der Waals surface area contributed by atoms with Gasteiger partial charge in [0, 0.05) is 43.8 Å². The lowest BCUT2D eigenvalue weighted by atomic mass is 10.0. The van der Waals surface area contributed by atoms with Crippen molar-refractivity contribution in [3.05, 3.63) is 53.6 Å². The summed E-state index contributed by atoms with van der Waals surface area (Å²) in [5.74, 6) is 1.50. The zero-order chi connectivity index (χ0) is 21.1. The predicted molar refractivity (Wildman–Crippen MR) is 113 cm³/mol. The topological polar surface area (TPSA) is 72.3 Å². The SMILES string of the molecule is CN(C)C(=O)c1ccc(NC(=O)C[NH+]2CCC[C@@H]2c2ccc3c(c2)OCCO3)cc1. The standard InChI is InChI=1S/C23H27N3O4/c1-25(2)23(28)16-5-8-18(9-6-16)24-22(27)15-26-11-3-4-19(26)17-7-10-20-21(14-17)30-13-12-29-20/h5-10,14,19H,3-4,11-13,15H2,1-2H3,(H,24,27)/p+1/t19-/m1/s1. The van der Waals surface area contributed by atoms with Crippen molar-refractivity contribution in [2.75, 3.05) is 45.7 Å². The number of hydrogen-bond acceptors (Lipinski definition) is 4. The van der Waals surface area contributed by atoms with Gasteiger partial charge < -0.3 is 24.6 Å². The van der Waals surface area contributed by atoms with E-state index in [9.17, 15) is 9.59 Å². The number of ether oxygens (including phenoxy) is 2. The Morgan fingerprint density at radius 1 is 1.07 bits per heavy atom. The molecule has 2 amide bonds. The van der Waals surface area contributed by atoms with Gasteiger partial charge in [0.15, 0.2) is 18.0 Å². The highest BCUT2D eigenvalue weighted by atomic mass is 16.6. The van der Waals surface area contributed by atoms with Gasteiger partial charge in [-0.3, -0.25) is 9.59 Å². The van der Waals surface area contributed by atoms with Crippen LogP contribution in [0, 0.1) is 0 Å². The average molecular weight is 410 g/mol. The Balaban J connectivity index is 1.38. The number of rotatable bonds is 5. The summed E-state index contributed by atoms with van der Waals surface area (Å²) < 4.78 is 11.3. The number of nitrogens with zero attached hydrogens (tertiary/aromatic N) is 1. The molecule has 158 valence electrons. The normalized spacial score (nSPS) is 19.9. The minimum atomic E-state index is -0.0586. The van der Waals surface area contributed by atoms with E-state index >= 15 is 0 Å². The Bertz CT molecular complexity index is 927. The number of anilines is 1. The molecule has 0 aliphatic carbocycles. The first-order valence-corrected chi connectivity index (χ1v) is 10.4. The van der Waals surface area contributed by atoms with Crippen molar-refractivity contribution in [3.8, 4) is 11.5 Å². The van der Waals surface area contributed by atoms with Gasteiger partial charge in [0.1, 0.15) is 19.3 Å². The summed E-state index contributed by atoms with van der Waals surface area (Å²) in [5.41, 5.74) is 2.48. The molecule has 1 fully saturated rings. The van der Waals surface area contributed by atoms with Gasteiger partial charge in [0.2, 0.25) is 0 Å². The summed E-state index contributed by atoms with van der Waals surface area (Å²) in [7, 11) is 3.43. The molecule has 0 bridgehead atoms. The highest BCUT2D eigenvalue weighted by Crippen LogP contribution is 2.33. The number of hydrogen-bond donors (Lipinski definition) is 2. The maximum atomic E-state index is 12.7. The summed E-state index contributed by atoms with van der Waals surface area (Å²) in [4.78, 5) is 27.4. The van der Waals surface area contributed by atoms with Crippen LogP contribution in [0.4, 0.5) is 5.69 Å². The van der Waals surface area contributed by atoms with Crippen LogP contribution in [0.15, 0.2) is 42.5 Å². The minimum Gasteiger partial charge on any atom is -0.486 e. The maximum absolute atomic E-state index is 12.7. The Kier molecular flexibility index (Phi) is 5.90. The minimum absolute atomic E-state index is 0.0267. The fraction of sp³-hybridized carbons (Fsp3) is 0.391. The van der Waals surface area contributed by atoms with Gasteiger partial charge in [0.25, 0.3) is 11.8 Å². The zero-order valence-corrected chi connectivity index (χ0v) is 17.4. The van der Waals surface area contributed by atoms with Gasteiger partial charge in [-0.15, -0.1) is 0 Å². The van der Waals surface area contributed by atoms with E-state index in [1.54, 1.807) is 38.4 Å². The highest BCUT2D eigenvalue weighted by molar-refractivity contribution is 5.95. The molecule has 0 spiro atoms. The fourth-order valence-corrected chi connectivity index (χ4v) is 4.17. The van der Waals surface area contributed by atoms with Crippen LogP contribution < -0.4 is 19.7 Å². The van der Waals surface area contributed by atoms with Crippen molar-refractivity contribution in [2.45, 2.75) is 18.9 Å². The zero-order valence-electron chi connectivity index (χ0n) is 17.4. The summed E-state index contributed by atoms with van der Waals surface area (Å²) in [6.07, 6.45) is 2.13. The van der Waals surface area contributed by atoms with E-state index in [2.05, 4.69) is 17.4 Å². The van der Waals surface area contributed by atoms with E-state index in [0.29, 0.717) is 31.0 Å². The molecule has 4 rings (SSSR count). The average Bonchev–Trinajstić information content (AvgIpc) is 3.21. The quantitative estimate of drug-likeness (QED) is 0.784.